The predicted molar refractivity (Wildman–Crippen MR) is 132 cm³/mol. The normalized spacial score (nSPS) is 14.6. The molecule has 1 aliphatic heterocycles. The number of ether oxygens (including phenoxy) is 2. The fourth-order valence-corrected chi connectivity index (χ4v) is 4.21. The summed E-state index contributed by atoms with van der Waals surface area (Å²) in [6, 6.07) is 19.7. The van der Waals surface area contributed by atoms with Gasteiger partial charge in [0.25, 0.3) is 11.1 Å². The molecule has 1 aliphatic rings. The Bertz CT molecular complexity index is 1280. The van der Waals surface area contributed by atoms with Crippen LogP contribution in [0.25, 0.3) is 6.08 Å². The van der Waals surface area contributed by atoms with E-state index in [1.807, 2.05) is 50.2 Å². The van der Waals surface area contributed by atoms with Gasteiger partial charge in [-0.25, -0.2) is 4.79 Å². The minimum atomic E-state index is -0.497. The number of hydrogen-bond acceptors (Lipinski definition) is 6. The van der Waals surface area contributed by atoms with Gasteiger partial charge >= 0.3 is 5.97 Å². The first-order valence-corrected chi connectivity index (χ1v) is 11.4. The number of thioether (sulfide) groups is 1. The Morgan fingerprint density at radius 3 is 2.21 bits per heavy atom. The summed E-state index contributed by atoms with van der Waals surface area (Å²) < 4.78 is 10.9. The number of aryl methyl sites for hydroxylation is 2. The molecule has 0 aliphatic carbocycles. The van der Waals surface area contributed by atoms with Crippen LogP contribution in [0.2, 0.25) is 0 Å². The summed E-state index contributed by atoms with van der Waals surface area (Å²) in [6.45, 7) is 4.14. The molecule has 2 amide bonds. The molecule has 0 bridgehead atoms. The van der Waals surface area contributed by atoms with E-state index in [9.17, 15) is 14.4 Å². The van der Waals surface area contributed by atoms with E-state index in [1.54, 1.807) is 36.4 Å². The summed E-state index contributed by atoms with van der Waals surface area (Å²) in [6.07, 6.45) is 1.63. The van der Waals surface area contributed by atoms with Crippen molar-refractivity contribution in [2.45, 2.75) is 20.4 Å². The van der Waals surface area contributed by atoms with E-state index in [-0.39, 0.29) is 23.4 Å². The molecule has 3 aromatic carbocycles. The van der Waals surface area contributed by atoms with Crippen LogP contribution in [-0.2, 0) is 11.3 Å². The molecular formula is C27H23NO5S. The van der Waals surface area contributed by atoms with Crippen LogP contribution in [0.3, 0.4) is 0 Å². The molecule has 172 valence electrons. The van der Waals surface area contributed by atoms with Gasteiger partial charge < -0.3 is 9.47 Å². The van der Waals surface area contributed by atoms with Crippen LogP contribution in [0.15, 0.2) is 71.6 Å². The number of esters is 1. The van der Waals surface area contributed by atoms with E-state index in [4.69, 9.17) is 9.47 Å². The number of hydrogen-bond donors (Lipinski definition) is 0. The van der Waals surface area contributed by atoms with Gasteiger partial charge in [0.1, 0.15) is 0 Å². The lowest BCUT2D eigenvalue weighted by molar-refractivity contribution is -0.123. The minimum Gasteiger partial charge on any atom is -0.493 e. The number of carbonyl (C=O) groups excluding carboxylic acids is 3. The standard InChI is InChI=1S/C27H23NO5S/c1-17-4-8-19(9-5-17)16-28-25(29)24(34-27(28)31)15-20-10-13-22(23(14-20)32-3)33-26(30)21-11-6-18(2)7-12-21/h4-15H,16H2,1-3H3/b24-15-. The van der Waals surface area contributed by atoms with Crippen molar-refractivity contribution < 1.29 is 23.9 Å². The Labute approximate surface area is 202 Å². The van der Waals surface area contributed by atoms with E-state index in [2.05, 4.69) is 0 Å². The summed E-state index contributed by atoms with van der Waals surface area (Å²) in [7, 11) is 1.47. The molecule has 3 aromatic rings. The predicted octanol–water partition coefficient (Wildman–Crippen LogP) is 5.77. The van der Waals surface area contributed by atoms with E-state index >= 15 is 0 Å². The lowest BCUT2D eigenvalue weighted by atomic mass is 10.1. The summed E-state index contributed by atoms with van der Waals surface area (Å²) in [5.74, 6) is -0.238. The Morgan fingerprint density at radius 1 is 0.912 bits per heavy atom. The van der Waals surface area contributed by atoms with Crippen molar-refractivity contribution in [3.05, 3.63) is 99.5 Å². The molecule has 1 heterocycles. The molecule has 0 unspecified atom stereocenters. The van der Waals surface area contributed by atoms with Crippen LogP contribution in [0.4, 0.5) is 4.79 Å². The Morgan fingerprint density at radius 2 is 1.56 bits per heavy atom. The molecule has 6 nitrogen and oxygen atoms in total. The number of methoxy groups -OCH3 is 1. The van der Waals surface area contributed by atoms with Crippen molar-refractivity contribution >= 4 is 35.0 Å². The average Bonchev–Trinajstić information content (AvgIpc) is 3.09. The van der Waals surface area contributed by atoms with Crippen molar-refractivity contribution in [1.29, 1.82) is 0 Å². The minimum absolute atomic E-state index is 0.222. The zero-order valence-electron chi connectivity index (χ0n) is 19.0. The van der Waals surface area contributed by atoms with Crippen LogP contribution >= 0.6 is 11.8 Å². The number of nitrogens with zero attached hydrogens (tertiary/aromatic N) is 1. The van der Waals surface area contributed by atoms with Crippen LogP contribution in [-0.4, -0.2) is 29.1 Å². The van der Waals surface area contributed by atoms with Crippen molar-refractivity contribution in [2.75, 3.05) is 7.11 Å². The Hall–Kier alpha value is -3.84. The quantitative estimate of drug-likeness (QED) is 0.257. The molecule has 0 spiro atoms. The third kappa shape index (κ3) is 5.21. The van der Waals surface area contributed by atoms with Gasteiger partial charge in [-0.1, -0.05) is 53.6 Å². The van der Waals surface area contributed by atoms with E-state index in [1.165, 1.54) is 12.0 Å². The maximum Gasteiger partial charge on any atom is 0.343 e. The Kier molecular flexibility index (Phi) is 6.84. The van der Waals surface area contributed by atoms with Gasteiger partial charge in [-0.2, -0.15) is 0 Å². The summed E-state index contributed by atoms with van der Waals surface area (Å²) >= 11 is 0.898. The number of benzene rings is 3. The second kappa shape index (κ2) is 9.97. The summed E-state index contributed by atoms with van der Waals surface area (Å²) in [4.78, 5) is 39.3. The molecule has 7 heteroatoms. The number of rotatable bonds is 6. The third-order valence-electron chi connectivity index (χ3n) is 5.31. The van der Waals surface area contributed by atoms with Gasteiger partial charge in [-0.3, -0.25) is 14.5 Å². The van der Waals surface area contributed by atoms with Gasteiger partial charge in [0, 0.05) is 0 Å². The zero-order valence-corrected chi connectivity index (χ0v) is 19.8. The van der Waals surface area contributed by atoms with E-state index in [0.717, 1.165) is 28.5 Å². The van der Waals surface area contributed by atoms with Gasteiger partial charge in [0.15, 0.2) is 11.5 Å². The highest BCUT2D eigenvalue weighted by Crippen LogP contribution is 2.35. The van der Waals surface area contributed by atoms with Crippen LogP contribution in [0.5, 0.6) is 11.5 Å². The lowest BCUT2D eigenvalue weighted by Gasteiger charge is -2.12. The van der Waals surface area contributed by atoms with Gasteiger partial charge in [0.05, 0.1) is 24.1 Å². The van der Waals surface area contributed by atoms with Crippen molar-refractivity contribution in [3.63, 3.8) is 0 Å². The molecule has 0 saturated carbocycles. The van der Waals surface area contributed by atoms with Crippen molar-refractivity contribution in [2.24, 2.45) is 0 Å². The number of imide groups is 1. The first kappa shape index (κ1) is 23.3. The largest absolute Gasteiger partial charge is 0.493 e. The number of amides is 2. The first-order valence-electron chi connectivity index (χ1n) is 10.6. The Balaban J connectivity index is 1.50. The second-order valence-corrected chi connectivity index (χ2v) is 8.91. The highest BCUT2D eigenvalue weighted by molar-refractivity contribution is 8.18. The second-order valence-electron chi connectivity index (χ2n) is 7.92. The van der Waals surface area contributed by atoms with Gasteiger partial charge in [0.2, 0.25) is 0 Å². The van der Waals surface area contributed by atoms with Crippen molar-refractivity contribution in [3.8, 4) is 11.5 Å². The molecule has 1 fully saturated rings. The molecule has 0 aromatic heterocycles. The van der Waals surface area contributed by atoms with Crippen LogP contribution < -0.4 is 9.47 Å². The number of carbonyl (C=O) groups is 3. The highest BCUT2D eigenvalue weighted by atomic mass is 32.2. The maximum absolute atomic E-state index is 12.9. The van der Waals surface area contributed by atoms with Gasteiger partial charge in [-0.05, 0) is 67.1 Å². The molecule has 34 heavy (non-hydrogen) atoms. The van der Waals surface area contributed by atoms with Gasteiger partial charge in [-0.15, -0.1) is 0 Å². The molecule has 0 N–H and O–H groups in total. The monoisotopic (exact) mass is 473 g/mol. The molecule has 1 saturated heterocycles. The molecule has 0 atom stereocenters. The zero-order chi connectivity index (χ0) is 24.2. The topological polar surface area (TPSA) is 72.9 Å². The van der Waals surface area contributed by atoms with Crippen LogP contribution in [0, 0.1) is 13.8 Å². The smallest absolute Gasteiger partial charge is 0.343 e. The first-order chi connectivity index (χ1) is 16.3. The highest BCUT2D eigenvalue weighted by Gasteiger charge is 2.35. The fourth-order valence-electron chi connectivity index (χ4n) is 3.37. The summed E-state index contributed by atoms with van der Waals surface area (Å²) in [5.41, 5.74) is 4.11. The van der Waals surface area contributed by atoms with Crippen LogP contribution in [0.1, 0.15) is 32.6 Å². The molecule has 4 rings (SSSR count). The molecule has 0 radical (unpaired) electrons. The fraction of sp³-hybridized carbons (Fsp3) is 0.148. The van der Waals surface area contributed by atoms with E-state index < -0.39 is 5.97 Å². The maximum atomic E-state index is 12.9. The third-order valence-corrected chi connectivity index (χ3v) is 6.22. The average molecular weight is 474 g/mol. The summed E-state index contributed by atoms with van der Waals surface area (Å²) in [5, 5.41) is -0.313. The lowest BCUT2D eigenvalue weighted by Crippen LogP contribution is -2.27. The van der Waals surface area contributed by atoms with Crippen molar-refractivity contribution in [1.82, 2.24) is 4.90 Å². The SMILES string of the molecule is COc1cc(/C=C2\SC(=O)N(Cc3ccc(C)cc3)C2=O)ccc1OC(=O)c1ccc(C)cc1. The molecular weight excluding hydrogens is 450 g/mol. The van der Waals surface area contributed by atoms with E-state index in [0.29, 0.717) is 21.8 Å².